The molecule has 0 N–H and O–H groups in total. The molecule has 0 unspecified atom stereocenters. The predicted octanol–water partition coefficient (Wildman–Crippen LogP) is 6.89. The lowest BCUT2D eigenvalue weighted by molar-refractivity contribution is 0.0530. The van der Waals surface area contributed by atoms with Gasteiger partial charge in [0.15, 0.2) is 17.4 Å². The maximum Gasteiger partial charge on any atom is 0.190 e. The summed E-state index contributed by atoms with van der Waals surface area (Å²) in [5, 5.41) is 0. The zero-order valence-corrected chi connectivity index (χ0v) is 19.3. The average molecular weight is 439 g/mol. The van der Waals surface area contributed by atoms with Crippen LogP contribution in [0.1, 0.15) is 82.6 Å². The average Bonchev–Trinajstić information content (AvgIpc) is 2.78. The number of benzene rings is 1. The Morgan fingerprint density at radius 3 is 1.97 bits per heavy atom. The Labute approximate surface area is 186 Å². The highest BCUT2D eigenvalue weighted by Gasteiger charge is 2.31. The summed E-state index contributed by atoms with van der Waals surface area (Å²) < 4.78 is 44.5. The van der Waals surface area contributed by atoms with E-state index in [0.717, 1.165) is 36.2 Å². The van der Waals surface area contributed by atoms with Gasteiger partial charge >= 0.3 is 0 Å². The largest absolute Gasteiger partial charge is 0.485 e. The SMILES string of the molecule is CCCC1CCC(C2CCC(c3cc(F)c(OCCOCCOC)c(F)c3)CC2)CC1. The summed E-state index contributed by atoms with van der Waals surface area (Å²) in [4.78, 5) is 0. The van der Waals surface area contributed by atoms with Crippen LogP contribution in [0.15, 0.2) is 12.1 Å². The second-order valence-electron chi connectivity index (χ2n) is 9.45. The van der Waals surface area contributed by atoms with Gasteiger partial charge in [-0.1, -0.05) is 32.6 Å². The zero-order chi connectivity index (χ0) is 22.1. The molecule has 0 atom stereocenters. The molecule has 3 nitrogen and oxygen atoms in total. The third-order valence-corrected chi connectivity index (χ3v) is 7.42. The number of ether oxygens (including phenoxy) is 3. The van der Waals surface area contributed by atoms with Crippen molar-refractivity contribution in [2.45, 2.75) is 77.0 Å². The molecule has 0 aliphatic heterocycles. The quantitative estimate of drug-likeness (QED) is 0.352. The fraction of sp³-hybridized carbons (Fsp3) is 0.769. The Morgan fingerprint density at radius 2 is 1.39 bits per heavy atom. The number of rotatable bonds is 11. The van der Waals surface area contributed by atoms with Crippen molar-refractivity contribution in [3.63, 3.8) is 0 Å². The maximum absolute atomic E-state index is 14.5. The van der Waals surface area contributed by atoms with Gasteiger partial charge in [-0.05, 0) is 79.9 Å². The summed E-state index contributed by atoms with van der Waals surface area (Å²) in [5.41, 5.74) is 0.781. The van der Waals surface area contributed by atoms with Crippen LogP contribution >= 0.6 is 0 Å². The minimum Gasteiger partial charge on any atom is -0.485 e. The molecular formula is C26H40F2O3. The van der Waals surface area contributed by atoms with E-state index in [4.69, 9.17) is 14.2 Å². The van der Waals surface area contributed by atoms with E-state index < -0.39 is 11.6 Å². The molecule has 2 aliphatic rings. The highest BCUT2D eigenvalue weighted by molar-refractivity contribution is 5.33. The van der Waals surface area contributed by atoms with Crippen LogP contribution in [0.4, 0.5) is 8.78 Å². The van der Waals surface area contributed by atoms with Gasteiger partial charge in [0.1, 0.15) is 6.61 Å². The van der Waals surface area contributed by atoms with E-state index in [2.05, 4.69) is 6.92 Å². The lowest BCUT2D eigenvalue weighted by atomic mass is 9.68. The van der Waals surface area contributed by atoms with Gasteiger partial charge in [-0.15, -0.1) is 0 Å². The van der Waals surface area contributed by atoms with Crippen LogP contribution in [0.25, 0.3) is 0 Å². The van der Waals surface area contributed by atoms with Crippen molar-refractivity contribution in [1.82, 2.24) is 0 Å². The zero-order valence-electron chi connectivity index (χ0n) is 19.3. The van der Waals surface area contributed by atoms with E-state index >= 15 is 0 Å². The highest BCUT2D eigenvalue weighted by Crippen LogP contribution is 2.45. The van der Waals surface area contributed by atoms with Crippen molar-refractivity contribution in [2.24, 2.45) is 17.8 Å². The van der Waals surface area contributed by atoms with Crippen LogP contribution in [0.5, 0.6) is 5.75 Å². The molecule has 1 aromatic carbocycles. The highest BCUT2D eigenvalue weighted by atomic mass is 19.1. The summed E-state index contributed by atoms with van der Waals surface area (Å²) in [6.07, 6.45) is 12.7. The number of hydrogen-bond acceptors (Lipinski definition) is 3. The lowest BCUT2D eigenvalue weighted by Crippen LogP contribution is -2.25. The fourth-order valence-electron chi connectivity index (χ4n) is 5.68. The molecule has 0 amide bonds. The minimum atomic E-state index is -0.608. The summed E-state index contributed by atoms with van der Waals surface area (Å²) in [5.74, 6) is 1.35. The van der Waals surface area contributed by atoms with Crippen molar-refractivity contribution in [2.75, 3.05) is 33.5 Å². The molecule has 0 heterocycles. The van der Waals surface area contributed by atoms with Crippen LogP contribution in [0.2, 0.25) is 0 Å². The van der Waals surface area contributed by atoms with Gasteiger partial charge in [0.25, 0.3) is 0 Å². The van der Waals surface area contributed by atoms with Gasteiger partial charge in [-0.25, -0.2) is 8.78 Å². The first kappa shape index (κ1) is 24.4. The molecule has 0 spiro atoms. The Morgan fingerprint density at radius 1 is 0.806 bits per heavy atom. The summed E-state index contributed by atoms with van der Waals surface area (Å²) >= 11 is 0. The first-order valence-corrected chi connectivity index (χ1v) is 12.3. The normalized spacial score (nSPS) is 26.7. The van der Waals surface area contributed by atoms with Gasteiger partial charge in [-0.3, -0.25) is 0 Å². The van der Waals surface area contributed by atoms with Crippen LogP contribution in [-0.2, 0) is 9.47 Å². The molecule has 0 bridgehead atoms. The van der Waals surface area contributed by atoms with Crippen LogP contribution < -0.4 is 4.74 Å². The molecule has 2 saturated carbocycles. The van der Waals surface area contributed by atoms with Crippen LogP contribution in [0, 0.1) is 29.4 Å². The Hall–Kier alpha value is -1.20. The first-order valence-electron chi connectivity index (χ1n) is 12.3. The molecule has 2 aliphatic carbocycles. The van der Waals surface area contributed by atoms with Crippen LogP contribution in [0.3, 0.4) is 0 Å². The van der Waals surface area contributed by atoms with E-state index in [9.17, 15) is 8.78 Å². The van der Waals surface area contributed by atoms with E-state index in [1.165, 1.54) is 63.5 Å². The molecule has 31 heavy (non-hydrogen) atoms. The molecule has 3 rings (SSSR count). The van der Waals surface area contributed by atoms with E-state index in [0.29, 0.717) is 13.2 Å². The molecule has 0 aromatic heterocycles. The number of methoxy groups -OCH3 is 1. The van der Waals surface area contributed by atoms with Gasteiger partial charge in [-0.2, -0.15) is 0 Å². The predicted molar refractivity (Wildman–Crippen MR) is 120 cm³/mol. The van der Waals surface area contributed by atoms with Crippen molar-refractivity contribution < 1.29 is 23.0 Å². The standard InChI is InChI=1S/C26H40F2O3/c1-3-4-19-5-7-20(8-6-19)21-9-11-22(12-10-21)23-17-24(27)26(25(28)18-23)31-16-15-30-14-13-29-2/h17-22H,3-16H2,1-2H3. The molecule has 5 heteroatoms. The molecular weight excluding hydrogens is 398 g/mol. The fourth-order valence-corrected chi connectivity index (χ4v) is 5.68. The Balaban J connectivity index is 1.46. The van der Waals surface area contributed by atoms with E-state index in [1.54, 1.807) is 7.11 Å². The topological polar surface area (TPSA) is 27.7 Å². The van der Waals surface area contributed by atoms with Gasteiger partial charge in [0.2, 0.25) is 0 Å². The van der Waals surface area contributed by atoms with E-state index in [1.807, 2.05) is 0 Å². The second-order valence-corrected chi connectivity index (χ2v) is 9.45. The second kappa shape index (κ2) is 12.7. The van der Waals surface area contributed by atoms with Gasteiger partial charge in [0, 0.05) is 7.11 Å². The molecule has 0 saturated heterocycles. The van der Waals surface area contributed by atoms with Crippen molar-refractivity contribution in [1.29, 1.82) is 0 Å². The van der Waals surface area contributed by atoms with Crippen molar-refractivity contribution >= 4 is 0 Å². The Kier molecular flexibility index (Phi) is 10.0. The van der Waals surface area contributed by atoms with Crippen molar-refractivity contribution in [3.05, 3.63) is 29.3 Å². The molecule has 176 valence electrons. The van der Waals surface area contributed by atoms with Gasteiger partial charge in [0.05, 0.1) is 19.8 Å². The molecule has 0 radical (unpaired) electrons. The van der Waals surface area contributed by atoms with Crippen molar-refractivity contribution in [3.8, 4) is 5.75 Å². The monoisotopic (exact) mass is 438 g/mol. The lowest BCUT2D eigenvalue weighted by Gasteiger charge is -2.38. The first-order chi connectivity index (χ1) is 15.1. The van der Waals surface area contributed by atoms with Gasteiger partial charge < -0.3 is 14.2 Å². The summed E-state index contributed by atoms with van der Waals surface area (Å²) in [6.45, 7) is 3.60. The minimum absolute atomic E-state index is 0.114. The maximum atomic E-state index is 14.5. The Bertz CT molecular complexity index is 627. The third-order valence-electron chi connectivity index (χ3n) is 7.42. The summed E-state index contributed by atoms with van der Waals surface area (Å²) in [7, 11) is 1.59. The number of halogens is 2. The van der Waals surface area contributed by atoms with E-state index in [-0.39, 0.29) is 24.9 Å². The molecule has 2 fully saturated rings. The summed E-state index contributed by atoms with van der Waals surface area (Å²) in [6, 6.07) is 2.95. The third kappa shape index (κ3) is 7.15. The smallest absolute Gasteiger partial charge is 0.190 e. The number of hydrogen-bond donors (Lipinski definition) is 0. The molecule has 1 aromatic rings. The van der Waals surface area contributed by atoms with Crippen LogP contribution in [-0.4, -0.2) is 33.5 Å².